The molecular formula is C15H15FN4S. The van der Waals surface area contributed by atoms with Crippen LogP contribution in [-0.4, -0.2) is 9.97 Å². The SMILES string of the molecule is CC(C)c1nc(SCc2cccc(F)c2)nc(N)c1C#N. The molecule has 1 heterocycles. The largest absolute Gasteiger partial charge is 0.382 e. The maximum absolute atomic E-state index is 13.1. The van der Waals surface area contributed by atoms with Crippen molar-refractivity contribution in [1.82, 2.24) is 9.97 Å². The highest BCUT2D eigenvalue weighted by Crippen LogP contribution is 2.26. The van der Waals surface area contributed by atoms with E-state index in [1.807, 2.05) is 26.0 Å². The van der Waals surface area contributed by atoms with Crippen LogP contribution in [0.5, 0.6) is 0 Å². The van der Waals surface area contributed by atoms with E-state index < -0.39 is 0 Å². The summed E-state index contributed by atoms with van der Waals surface area (Å²) in [6, 6.07) is 8.43. The monoisotopic (exact) mass is 302 g/mol. The Morgan fingerprint density at radius 1 is 1.38 bits per heavy atom. The zero-order chi connectivity index (χ0) is 15.4. The fourth-order valence-electron chi connectivity index (χ4n) is 1.85. The van der Waals surface area contributed by atoms with Crippen LogP contribution in [0, 0.1) is 17.1 Å². The van der Waals surface area contributed by atoms with Crippen molar-refractivity contribution in [1.29, 1.82) is 5.26 Å². The summed E-state index contributed by atoms with van der Waals surface area (Å²) in [6.45, 7) is 3.90. The second-order valence-electron chi connectivity index (χ2n) is 4.84. The molecule has 0 aliphatic heterocycles. The van der Waals surface area contributed by atoms with Gasteiger partial charge >= 0.3 is 0 Å². The van der Waals surface area contributed by atoms with Crippen LogP contribution in [0.4, 0.5) is 10.2 Å². The summed E-state index contributed by atoms with van der Waals surface area (Å²) < 4.78 is 13.1. The Hall–Kier alpha value is -2.13. The Balaban J connectivity index is 2.23. The summed E-state index contributed by atoms with van der Waals surface area (Å²) >= 11 is 1.37. The first-order valence-electron chi connectivity index (χ1n) is 6.46. The summed E-state index contributed by atoms with van der Waals surface area (Å²) in [7, 11) is 0. The molecule has 0 atom stereocenters. The number of hydrogen-bond acceptors (Lipinski definition) is 5. The van der Waals surface area contributed by atoms with Crippen molar-refractivity contribution in [2.24, 2.45) is 0 Å². The third-order valence-electron chi connectivity index (χ3n) is 2.86. The zero-order valence-corrected chi connectivity index (χ0v) is 12.6. The van der Waals surface area contributed by atoms with Crippen LogP contribution < -0.4 is 5.73 Å². The molecule has 0 aliphatic rings. The van der Waals surface area contributed by atoms with Gasteiger partial charge in [-0.15, -0.1) is 0 Å². The molecule has 1 aromatic carbocycles. The molecule has 0 saturated heterocycles. The molecular weight excluding hydrogens is 287 g/mol. The summed E-state index contributed by atoms with van der Waals surface area (Å²) in [4.78, 5) is 8.53. The van der Waals surface area contributed by atoms with Crippen LogP contribution in [0.1, 0.15) is 36.6 Å². The van der Waals surface area contributed by atoms with E-state index in [9.17, 15) is 4.39 Å². The molecule has 4 nitrogen and oxygen atoms in total. The molecule has 21 heavy (non-hydrogen) atoms. The molecule has 1 aromatic heterocycles. The quantitative estimate of drug-likeness (QED) is 0.691. The molecule has 0 spiro atoms. The van der Waals surface area contributed by atoms with E-state index in [4.69, 9.17) is 11.0 Å². The summed E-state index contributed by atoms with van der Waals surface area (Å²) in [5.41, 5.74) is 7.64. The van der Waals surface area contributed by atoms with Crippen LogP contribution in [-0.2, 0) is 5.75 Å². The van der Waals surface area contributed by atoms with Gasteiger partial charge in [-0.25, -0.2) is 14.4 Å². The van der Waals surface area contributed by atoms with Gasteiger partial charge in [0.25, 0.3) is 0 Å². The number of hydrogen-bond donors (Lipinski definition) is 1. The summed E-state index contributed by atoms with van der Waals surface area (Å²) in [5, 5.41) is 9.62. The number of anilines is 1. The lowest BCUT2D eigenvalue weighted by Gasteiger charge is -2.10. The molecule has 2 aromatic rings. The van der Waals surface area contributed by atoms with Crippen molar-refractivity contribution in [3.05, 3.63) is 46.9 Å². The van der Waals surface area contributed by atoms with Crippen LogP contribution in [0.2, 0.25) is 0 Å². The molecule has 0 amide bonds. The lowest BCUT2D eigenvalue weighted by molar-refractivity contribution is 0.626. The van der Waals surface area contributed by atoms with Gasteiger partial charge in [-0.2, -0.15) is 5.26 Å². The first-order valence-corrected chi connectivity index (χ1v) is 7.44. The Morgan fingerprint density at radius 2 is 2.14 bits per heavy atom. The van der Waals surface area contributed by atoms with Gasteiger partial charge in [0.2, 0.25) is 0 Å². The van der Waals surface area contributed by atoms with Crippen molar-refractivity contribution in [3.63, 3.8) is 0 Å². The number of nitrogens with two attached hydrogens (primary N) is 1. The minimum atomic E-state index is -0.267. The minimum absolute atomic E-state index is 0.0819. The van der Waals surface area contributed by atoms with Crippen LogP contribution in [0.15, 0.2) is 29.4 Å². The normalized spacial score (nSPS) is 10.6. The highest BCUT2D eigenvalue weighted by molar-refractivity contribution is 7.98. The van der Waals surface area contributed by atoms with Crippen molar-refractivity contribution >= 4 is 17.6 Å². The second kappa shape index (κ2) is 6.55. The molecule has 2 N–H and O–H groups in total. The van der Waals surface area contributed by atoms with Crippen LogP contribution >= 0.6 is 11.8 Å². The fraction of sp³-hybridized carbons (Fsp3) is 0.267. The first kappa shape index (κ1) is 15.3. The van der Waals surface area contributed by atoms with Gasteiger partial charge in [0, 0.05) is 5.75 Å². The van der Waals surface area contributed by atoms with E-state index in [1.165, 1.54) is 23.9 Å². The molecule has 108 valence electrons. The van der Waals surface area contributed by atoms with Gasteiger partial charge < -0.3 is 5.73 Å². The van der Waals surface area contributed by atoms with E-state index >= 15 is 0 Å². The van der Waals surface area contributed by atoms with Gasteiger partial charge in [-0.1, -0.05) is 37.7 Å². The van der Waals surface area contributed by atoms with Crippen molar-refractivity contribution in [2.75, 3.05) is 5.73 Å². The standard InChI is InChI=1S/C15H15FN4S/c1-9(2)13-12(7-17)14(18)20-15(19-13)21-8-10-4-3-5-11(16)6-10/h3-6,9H,8H2,1-2H3,(H2,18,19,20). The average Bonchev–Trinajstić information content (AvgIpc) is 2.44. The number of rotatable bonds is 4. The van der Waals surface area contributed by atoms with Gasteiger partial charge in [0.1, 0.15) is 23.3 Å². The predicted octanol–water partition coefficient (Wildman–Crippen LogP) is 3.49. The number of nitrogens with zero attached hydrogens (tertiary/aromatic N) is 3. The number of thioether (sulfide) groups is 1. The predicted molar refractivity (Wildman–Crippen MR) is 81.2 cm³/mol. The van der Waals surface area contributed by atoms with Crippen molar-refractivity contribution in [3.8, 4) is 6.07 Å². The zero-order valence-electron chi connectivity index (χ0n) is 11.8. The van der Waals surface area contributed by atoms with Gasteiger partial charge in [0.05, 0.1) is 5.69 Å². The Kier molecular flexibility index (Phi) is 4.76. The number of benzene rings is 1. The van der Waals surface area contributed by atoms with E-state index in [1.54, 1.807) is 6.07 Å². The second-order valence-corrected chi connectivity index (χ2v) is 5.78. The van der Waals surface area contributed by atoms with Crippen molar-refractivity contribution in [2.45, 2.75) is 30.7 Å². The van der Waals surface area contributed by atoms with E-state index in [0.717, 1.165) is 5.56 Å². The molecule has 0 radical (unpaired) electrons. The molecule has 6 heteroatoms. The maximum Gasteiger partial charge on any atom is 0.190 e. The summed E-state index contributed by atoms with van der Waals surface area (Å²) in [5.74, 6) is 0.549. The minimum Gasteiger partial charge on any atom is -0.382 e. The molecule has 0 unspecified atom stereocenters. The lowest BCUT2D eigenvalue weighted by atomic mass is 10.1. The molecule has 0 saturated carbocycles. The summed E-state index contributed by atoms with van der Waals surface area (Å²) in [6.07, 6.45) is 0. The Bertz CT molecular complexity index is 695. The molecule has 0 fully saturated rings. The third-order valence-corrected chi connectivity index (χ3v) is 3.78. The third kappa shape index (κ3) is 3.70. The maximum atomic E-state index is 13.1. The van der Waals surface area contributed by atoms with Crippen molar-refractivity contribution < 1.29 is 4.39 Å². The lowest BCUT2D eigenvalue weighted by Crippen LogP contribution is -2.06. The average molecular weight is 302 g/mol. The number of nitrogen functional groups attached to an aromatic ring is 1. The van der Waals surface area contributed by atoms with Gasteiger partial charge in [-0.05, 0) is 23.6 Å². The number of nitriles is 1. The molecule has 2 rings (SSSR count). The Morgan fingerprint density at radius 3 is 2.76 bits per heavy atom. The van der Waals surface area contributed by atoms with Crippen LogP contribution in [0.25, 0.3) is 0 Å². The number of aromatic nitrogens is 2. The number of halogens is 1. The topological polar surface area (TPSA) is 75.6 Å². The van der Waals surface area contributed by atoms with Gasteiger partial charge in [-0.3, -0.25) is 0 Å². The molecule has 0 bridgehead atoms. The molecule has 0 aliphatic carbocycles. The first-order chi connectivity index (χ1) is 10.0. The van der Waals surface area contributed by atoms with E-state index in [2.05, 4.69) is 9.97 Å². The Labute approximate surface area is 127 Å². The smallest absolute Gasteiger partial charge is 0.190 e. The fourth-order valence-corrected chi connectivity index (χ4v) is 2.65. The van der Waals surface area contributed by atoms with Crippen LogP contribution in [0.3, 0.4) is 0 Å². The van der Waals surface area contributed by atoms with E-state index in [-0.39, 0.29) is 17.6 Å². The highest BCUT2D eigenvalue weighted by atomic mass is 32.2. The van der Waals surface area contributed by atoms with Gasteiger partial charge in [0.15, 0.2) is 5.16 Å². The van der Waals surface area contributed by atoms with E-state index in [0.29, 0.717) is 22.2 Å². The highest BCUT2D eigenvalue weighted by Gasteiger charge is 2.15.